The molecule has 0 heterocycles. The van der Waals surface area contributed by atoms with Gasteiger partial charge in [-0.05, 0) is 49.7 Å². The van der Waals surface area contributed by atoms with Crippen LogP contribution in [0.15, 0.2) is 47.6 Å². The molecule has 0 spiro atoms. The van der Waals surface area contributed by atoms with Crippen LogP contribution in [0.1, 0.15) is 25.0 Å². The maximum Gasteiger partial charge on any atom is 0.244 e. The Morgan fingerprint density at radius 1 is 1.08 bits per heavy atom. The molecule has 0 aliphatic heterocycles. The summed E-state index contributed by atoms with van der Waals surface area (Å²) in [4.78, 5) is 11.9. The molecular weight excluding hydrogens is 320 g/mol. The summed E-state index contributed by atoms with van der Waals surface area (Å²) in [5.74, 6) is 1.21. The highest BCUT2D eigenvalue weighted by atomic mass is 16.5. The predicted octanol–water partition coefficient (Wildman–Crippen LogP) is 2.88. The van der Waals surface area contributed by atoms with E-state index in [2.05, 4.69) is 10.5 Å². The SMILES string of the molecule is CCOc1ccc(CC(=O)N/N=C\c2cc(OCC)ccc2O)cc1. The summed E-state index contributed by atoms with van der Waals surface area (Å²) >= 11 is 0. The van der Waals surface area contributed by atoms with E-state index in [4.69, 9.17) is 9.47 Å². The van der Waals surface area contributed by atoms with Gasteiger partial charge in [0.15, 0.2) is 0 Å². The number of phenols is 1. The fourth-order valence-corrected chi connectivity index (χ4v) is 2.16. The van der Waals surface area contributed by atoms with Crippen molar-refractivity contribution in [3.05, 3.63) is 53.6 Å². The standard InChI is InChI=1S/C19H22N2O4/c1-3-24-16-7-5-14(6-8-16)11-19(23)21-20-13-15-12-17(25-4-2)9-10-18(15)22/h5-10,12-13,22H,3-4,11H2,1-2H3,(H,21,23)/b20-13-. The van der Waals surface area contributed by atoms with Gasteiger partial charge in [-0.2, -0.15) is 5.10 Å². The Hall–Kier alpha value is -3.02. The average Bonchev–Trinajstić information content (AvgIpc) is 2.60. The van der Waals surface area contributed by atoms with Crippen molar-refractivity contribution in [2.24, 2.45) is 5.10 Å². The van der Waals surface area contributed by atoms with Crippen LogP contribution in [-0.4, -0.2) is 30.4 Å². The lowest BCUT2D eigenvalue weighted by Gasteiger charge is -2.06. The zero-order chi connectivity index (χ0) is 18.1. The van der Waals surface area contributed by atoms with Gasteiger partial charge in [0, 0.05) is 5.56 Å². The molecule has 0 aliphatic carbocycles. The lowest BCUT2D eigenvalue weighted by atomic mass is 10.1. The van der Waals surface area contributed by atoms with Crippen LogP contribution >= 0.6 is 0 Å². The number of carbonyl (C=O) groups is 1. The van der Waals surface area contributed by atoms with Crippen molar-refractivity contribution >= 4 is 12.1 Å². The van der Waals surface area contributed by atoms with Crippen molar-refractivity contribution in [1.29, 1.82) is 0 Å². The van der Waals surface area contributed by atoms with Gasteiger partial charge in [-0.15, -0.1) is 0 Å². The van der Waals surface area contributed by atoms with E-state index in [1.807, 2.05) is 38.1 Å². The van der Waals surface area contributed by atoms with E-state index in [-0.39, 0.29) is 18.1 Å². The fraction of sp³-hybridized carbons (Fsp3) is 0.263. The Labute approximate surface area is 147 Å². The number of ether oxygens (including phenoxy) is 2. The quantitative estimate of drug-likeness (QED) is 0.571. The van der Waals surface area contributed by atoms with E-state index in [0.717, 1.165) is 11.3 Å². The molecule has 2 N–H and O–H groups in total. The first kappa shape index (κ1) is 18.3. The average molecular weight is 342 g/mol. The number of hydrogen-bond donors (Lipinski definition) is 2. The number of rotatable bonds is 8. The van der Waals surface area contributed by atoms with Gasteiger partial charge in [-0.25, -0.2) is 5.43 Å². The summed E-state index contributed by atoms with van der Waals surface area (Å²) < 4.78 is 10.7. The molecule has 0 aromatic heterocycles. The predicted molar refractivity (Wildman–Crippen MR) is 96.3 cm³/mol. The molecule has 0 bridgehead atoms. The second-order valence-electron chi connectivity index (χ2n) is 5.20. The van der Waals surface area contributed by atoms with Gasteiger partial charge in [-0.3, -0.25) is 4.79 Å². The van der Waals surface area contributed by atoms with Crippen LogP contribution in [-0.2, 0) is 11.2 Å². The molecular formula is C19H22N2O4. The number of nitrogens with one attached hydrogen (secondary N) is 1. The summed E-state index contributed by atoms with van der Waals surface area (Å²) in [6.45, 7) is 4.93. The number of aromatic hydroxyl groups is 1. The van der Waals surface area contributed by atoms with Gasteiger partial charge in [-0.1, -0.05) is 12.1 Å². The van der Waals surface area contributed by atoms with E-state index in [1.54, 1.807) is 12.1 Å². The molecule has 6 nitrogen and oxygen atoms in total. The molecule has 132 valence electrons. The Kier molecular flexibility index (Phi) is 6.83. The lowest BCUT2D eigenvalue weighted by Crippen LogP contribution is -2.19. The molecule has 2 rings (SSSR count). The van der Waals surface area contributed by atoms with Gasteiger partial charge in [0.1, 0.15) is 17.2 Å². The first-order valence-electron chi connectivity index (χ1n) is 8.11. The summed E-state index contributed by atoms with van der Waals surface area (Å²) in [5, 5.41) is 13.7. The normalized spacial score (nSPS) is 10.6. The molecule has 0 aliphatic rings. The van der Waals surface area contributed by atoms with Crippen molar-refractivity contribution in [2.45, 2.75) is 20.3 Å². The molecule has 2 aromatic rings. The molecule has 0 fully saturated rings. The van der Waals surface area contributed by atoms with Crippen LogP contribution in [0, 0.1) is 0 Å². The third-order valence-corrected chi connectivity index (χ3v) is 3.30. The summed E-state index contributed by atoms with van der Waals surface area (Å²) in [6, 6.07) is 12.2. The van der Waals surface area contributed by atoms with Crippen molar-refractivity contribution in [1.82, 2.24) is 5.43 Å². The molecule has 0 atom stereocenters. The highest BCUT2D eigenvalue weighted by Crippen LogP contribution is 2.21. The maximum absolute atomic E-state index is 11.9. The highest BCUT2D eigenvalue weighted by molar-refractivity contribution is 5.86. The fourth-order valence-electron chi connectivity index (χ4n) is 2.16. The third-order valence-electron chi connectivity index (χ3n) is 3.30. The largest absolute Gasteiger partial charge is 0.507 e. The summed E-state index contributed by atoms with van der Waals surface area (Å²) in [5.41, 5.74) is 3.77. The number of amides is 1. The minimum absolute atomic E-state index is 0.0629. The smallest absolute Gasteiger partial charge is 0.244 e. The van der Waals surface area contributed by atoms with E-state index < -0.39 is 0 Å². The van der Waals surface area contributed by atoms with E-state index in [9.17, 15) is 9.90 Å². The Bertz CT molecular complexity index is 727. The van der Waals surface area contributed by atoms with Gasteiger partial charge in [0.2, 0.25) is 5.91 Å². The zero-order valence-corrected chi connectivity index (χ0v) is 14.4. The molecule has 0 saturated carbocycles. The Morgan fingerprint density at radius 3 is 2.40 bits per heavy atom. The number of phenolic OH excluding ortho intramolecular Hbond substituents is 1. The number of benzene rings is 2. The van der Waals surface area contributed by atoms with Gasteiger partial charge in [0.25, 0.3) is 0 Å². The van der Waals surface area contributed by atoms with Gasteiger partial charge in [0.05, 0.1) is 25.8 Å². The monoisotopic (exact) mass is 342 g/mol. The molecule has 1 amide bonds. The van der Waals surface area contributed by atoms with Crippen LogP contribution in [0.2, 0.25) is 0 Å². The molecule has 2 aromatic carbocycles. The van der Waals surface area contributed by atoms with Crippen LogP contribution in [0.5, 0.6) is 17.2 Å². The minimum Gasteiger partial charge on any atom is -0.507 e. The molecule has 6 heteroatoms. The number of nitrogens with zero attached hydrogens (tertiary/aromatic N) is 1. The molecule has 0 radical (unpaired) electrons. The topological polar surface area (TPSA) is 80.2 Å². The van der Waals surface area contributed by atoms with Crippen molar-refractivity contribution in [2.75, 3.05) is 13.2 Å². The summed E-state index contributed by atoms with van der Waals surface area (Å²) in [6.07, 6.45) is 1.59. The molecule has 0 unspecified atom stereocenters. The number of hydrazone groups is 1. The Morgan fingerprint density at radius 2 is 1.72 bits per heavy atom. The van der Waals surface area contributed by atoms with E-state index in [0.29, 0.717) is 24.5 Å². The number of carbonyl (C=O) groups excluding carboxylic acids is 1. The second-order valence-corrected chi connectivity index (χ2v) is 5.20. The first-order valence-corrected chi connectivity index (χ1v) is 8.11. The van der Waals surface area contributed by atoms with Crippen molar-refractivity contribution < 1.29 is 19.4 Å². The zero-order valence-electron chi connectivity index (χ0n) is 14.4. The molecule has 0 saturated heterocycles. The number of hydrogen-bond acceptors (Lipinski definition) is 5. The first-order chi connectivity index (χ1) is 12.1. The second kappa shape index (κ2) is 9.32. The van der Waals surface area contributed by atoms with Crippen LogP contribution < -0.4 is 14.9 Å². The Balaban J connectivity index is 1.90. The van der Waals surface area contributed by atoms with E-state index >= 15 is 0 Å². The van der Waals surface area contributed by atoms with Crippen molar-refractivity contribution in [3.8, 4) is 17.2 Å². The minimum atomic E-state index is -0.249. The summed E-state index contributed by atoms with van der Waals surface area (Å²) in [7, 11) is 0. The third kappa shape index (κ3) is 5.84. The maximum atomic E-state index is 11.9. The van der Waals surface area contributed by atoms with Crippen LogP contribution in [0.4, 0.5) is 0 Å². The highest BCUT2D eigenvalue weighted by Gasteiger charge is 2.04. The molecule has 25 heavy (non-hydrogen) atoms. The van der Waals surface area contributed by atoms with Crippen LogP contribution in [0.3, 0.4) is 0 Å². The van der Waals surface area contributed by atoms with Crippen molar-refractivity contribution in [3.63, 3.8) is 0 Å². The van der Waals surface area contributed by atoms with Gasteiger partial charge >= 0.3 is 0 Å². The van der Waals surface area contributed by atoms with Gasteiger partial charge < -0.3 is 14.6 Å². The van der Waals surface area contributed by atoms with E-state index in [1.165, 1.54) is 12.3 Å². The van der Waals surface area contributed by atoms with Crippen LogP contribution in [0.25, 0.3) is 0 Å². The lowest BCUT2D eigenvalue weighted by molar-refractivity contribution is -0.120.